The number of aliphatic hydroxyl groups is 1. The maximum atomic E-state index is 12.8. The van der Waals surface area contributed by atoms with Crippen molar-refractivity contribution in [3.8, 4) is 0 Å². The van der Waals surface area contributed by atoms with Crippen molar-refractivity contribution in [2.24, 2.45) is 17.1 Å². The predicted octanol–water partition coefficient (Wildman–Crippen LogP) is -1.33. The molecule has 3 aliphatic rings. The number of nitrogens with one attached hydrogen (secondary N) is 1. The molecule has 0 saturated carbocycles. The molecule has 0 aromatic heterocycles. The summed E-state index contributed by atoms with van der Waals surface area (Å²) in [7, 11) is 0. The first kappa shape index (κ1) is 24.7. The number of β-lactam (4-membered cyclic amide) rings is 1. The topological polar surface area (TPSA) is 183 Å². The number of amides is 2. The molecule has 35 heavy (non-hydrogen) atoms. The fourth-order valence-electron chi connectivity index (χ4n) is 5.00. The second kappa shape index (κ2) is 9.30. The summed E-state index contributed by atoms with van der Waals surface area (Å²) in [5.74, 6) is -5.08. The van der Waals surface area contributed by atoms with Crippen LogP contribution < -0.4 is 15.5 Å². The number of benzene rings is 1. The Bertz CT molecular complexity index is 1140. The van der Waals surface area contributed by atoms with E-state index in [-0.39, 0.29) is 35.8 Å². The molecule has 2 saturated heterocycles. The van der Waals surface area contributed by atoms with Gasteiger partial charge in [0.05, 0.1) is 47.5 Å². The number of aromatic carboxylic acids is 1. The molecule has 2 N–H and O–H groups in total. The number of fused-ring (bicyclic) bond motifs is 1. The number of nitroso groups, excluding NO2 is 1. The van der Waals surface area contributed by atoms with Crippen molar-refractivity contribution < 1.29 is 34.5 Å². The second-order valence-corrected chi connectivity index (χ2v) is 10.1. The second-order valence-electron chi connectivity index (χ2n) is 8.81. The number of carboxylic acids is 2. The first-order valence-corrected chi connectivity index (χ1v) is 11.8. The third-order valence-electron chi connectivity index (χ3n) is 6.61. The van der Waals surface area contributed by atoms with E-state index in [1.54, 1.807) is 6.92 Å². The number of aliphatic hydroxyl groups excluding tert-OH is 1. The minimum atomic E-state index is -1.51. The molecule has 0 radical (unpaired) electrons. The molecule has 12 nitrogen and oxygen atoms in total. The van der Waals surface area contributed by atoms with Gasteiger partial charge in [0.25, 0.3) is 0 Å². The van der Waals surface area contributed by atoms with E-state index in [4.69, 9.17) is 0 Å². The Morgan fingerprint density at radius 2 is 1.97 bits per heavy atom. The van der Waals surface area contributed by atoms with Crippen molar-refractivity contribution in [2.75, 3.05) is 11.9 Å². The SMILES string of the molecule is C[C@@H](O)C1C(=O)N2C(C(=O)[O-])=C(S[C@H]3C[C@@H](C(=O)Nc4cccc(C(=O)[O-])c4)N(N=O)C3)[C@H](C)C12. The first-order valence-electron chi connectivity index (χ1n) is 10.9. The number of carbonyl (C=O) groups excluding carboxylic acids is 4. The average molecular weight is 503 g/mol. The van der Waals surface area contributed by atoms with Crippen LogP contribution in [0, 0.1) is 16.7 Å². The minimum absolute atomic E-state index is 0.0559. The van der Waals surface area contributed by atoms with Gasteiger partial charge in [-0.25, -0.2) is 5.01 Å². The monoisotopic (exact) mass is 502 g/mol. The molecule has 0 spiro atoms. The molecule has 1 aromatic carbocycles. The number of carboxylic acid groups (broad SMARTS) is 2. The Morgan fingerprint density at radius 3 is 2.57 bits per heavy atom. The van der Waals surface area contributed by atoms with Crippen LogP contribution in [0.25, 0.3) is 0 Å². The molecule has 2 unspecified atom stereocenters. The molecule has 2 amide bonds. The molecular weight excluding hydrogens is 480 g/mol. The average Bonchev–Trinajstić information content (AvgIpc) is 3.31. The van der Waals surface area contributed by atoms with E-state index in [2.05, 4.69) is 10.6 Å². The van der Waals surface area contributed by atoms with Crippen LogP contribution in [-0.4, -0.2) is 68.8 Å². The van der Waals surface area contributed by atoms with Gasteiger partial charge in [-0.3, -0.25) is 9.59 Å². The number of nitrogens with zero attached hydrogens (tertiary/aromatic N) is 3. The maximum Gasteiger partial charge on any atom is 0.248 e. The van der Waals surface area contributed by atoms with Gasteiger partial charge >= 0.3 is 0 Å². The van der Waals surface area contributed by atoms with Crippen molar-refractivity contribution in [1.29, 1.82) is 0 Å². The quantitative estimate of drug-likeness (QED) is 0.319. The van der Waals surface area contributed by atoms with Crippen LogP contribution in [0.15, 0.2) is 40.2 Å². The van der Waals surface area contributed by atoms with E-state index >= 15 is 0 Å². The third kappa shape index (κ3) is 4.25. The summed E-state index contributed by atoms with van der Waals surface area (Å²) >= 11 is 1.15. The number of hydrogen-bond donors (Lipinski definition) is 2. The maximum absolute atomic E-state index is 12.8. The van der Waals surface area contributed by atoms with Crippen LogP contribution in [0.2, 0.25) is 0 Å². The Kier molecular flexibility index (Phi) is 6.56. The van der Waals surface area contributed by atoms with Crippen LogP contribution in [0.5, 0.6) is 0 Å². The van der Waals surface area contributed by atoms with Gasteiger partial charge in [0, 0.05) is 21.8 Å². The van der Waals surface area contributed by atoms with Crippen molar-refractivity contribution in [2.45, 2.75) is 43.7 Å². The van der Waals surface area contributed by atoms with Crippen molar-refractivity contribution in [1.82, 2.24) is 9.91 Å². The number of hydrogen-bond acceptors (Lipinski definition) is 10. The zero-order valence-corrected chi connectivity index (χ0v) is 19.6. The standard InChI is InChI=1S/C22H24N4O8S/c1-9-16-15(10(2)27)20(29)26(16)17(22(32)33)18(9)35-13-7-14(25(8-13)24-34)19(28)23-12-5-3-4-11(6-12)21(30)31/h3-6,9-10,13-16,27H,7-8H2,1-2H3,(H,23,28)(H,30,31)(H,32,33)/p-2/t9-,10-,13+,14+,15?,16?/m1/s1. The van der Waals surface area contributed by atoms with Gasteiger partial charge in [0.1, 0.15) is 6.04 Å². The largest absolute Gasteiger partial charge is 0.545 e. The minimum Gasteiger partial charge on any atom is -0.545 e. The highest BCUT2D eigenvalue weighted by Gasteiger charge is 2.59. The summed E-state index contributed by atoms with van der Waals surface area (Å²) in [4.78, 5) is 61.2. The molecule has 4 rings (SSSR count). The Balaban J connectivity index is 1.50. The summed E-state index contributed by atoms with van der Waals surface area (Å²) in [5.41, 5.74) is -0.163. The van der Waals surface area contributed by atoms with Gasteiger partial charge in [0.2, 0.25) is 11.8 Å². The summed E-state index contributed by atoms with van der Waals surface area (Å²) in [6.07, 6.45) is -0.791. The number of carbonyl (C=O) groups is 4. The summed E-state index contributed by atoms with van der Waals surface area (Å²) < 4.78 is 0. The van der Waals surface area contributed by atoms with Crippen molar-refractivity contribution >= 4 is 41.2 Å². The predicted molar refractivity (Wildman–Crippen MR) is 119 cm³/mol. The fraction of sp³-hybridized carbons (Fsp3) is 0.455. The zero-order chi connectivity index (χ0) is 25.6. The van der Waals surface area contributed by atoms with E-state index in [1.807, 2.05) is 0 Å². The fourth-order valence-corrected chi connectivity index (χ4v) is 6.51. The molecule has 6 atom stereocenters. The lowest BCUT2D eigenvalue weighted by molar-refractivity contribution is -0.301. The smallest absolute Gasteiger partial charge is 0.248 e. The molecule has 3 heterocycles. The first-order chi connectivity index (χ1) is 16.5. The Morgan fingerprint density at radius 1 is 1.26 bits per heavy atom. The lowest BCUT2D eigenvalue weighted by Gasteiger charge is -2.47. The highest BCUT2D eigenvalue weighted by Crippen LogP contribution is 2.52. The van der Waals surface area contributed by atoms with E-state index < -0.39 is 53.1 Å². The Labute approximate surface area is 203 Å². The summed E-state index contributed by atoms with van der Waals surface area (Å²) in [5, 5.41) is 39.0. The van der Waals surface area contributed by atoms with Crippen LogP contribution in [0.3, 0.4) is 0 Å². The summed E-state index contributed by atoms with van der Waals surface area (Å²) in [6, 6.07) is 3.99. The van der Waals surface area contributed by atoms with Crippen molar-refractivity contribution in [3.63, 3.8) is 0 Å². The highest BCUT2D eigenvalue weighted by atomic mass is 32.2. The molecule has 3 aliphatic heterocycles. The molecule has 1 aromatic rings. The highest BCUT2D eigenvalue weighted by molar-refractivity contribution is 8.03. The lowest BCUT2D eigenvalue weighted by Crippen LogP contribution is -2.64. The number of aliphatic carboxylic acids is 1. The van der Waals surface area contributed by atoms with Gasteiger partial charge in [-0.2, -0.15) is 0 Å². The van der Waals surface area contributed by atoms with Crippen LogP contribution in [0.4, 0.5) is 5.69 Å². The number of rotatable bonds is 8. The van der Waals surface area contributed by atoms with Crippen LogP contribution >= 0.6 is 11.8 Å². The number of anilines is 1. The van der Waals surface area contributed by atoms with E-state index in [9.17, 15) is 39.4 Å². The van der Waals surface area contributed by atoms with Gasteiger partial charge in [-0.05, 0) is 31.0 Å². The number of thioether (sulfide) groups is 1. The van der Waals surface area contributed by atoms with Gasteiger partial charge in [-0.15, -0.1) is 16.7 Å². The van der Waals surface area contributed by atoms with Crippen LogP contribution in [0.1, 0.15) is 30.6 Å². The van der Waals surface area contributed by atoms with Gasteiger partial charge in [0.15, 0.2) is 0 Å². The molecular formula is C22H22N4O8S-2. The van der Waals surface area contributed by atoms with Crippen LogP contribution in [-0.2, 0) is 14.4 Å². The van der Waals surface area contributed by atoms with E-state index in [0.717, 1.165) is 21.7 Å². The van der Waals surface area contributed by atoms with E-state index in [0.29, 0.717) is 4.91 Å². The molecule has 13 heteroatoms. The normalized spacial score (nSPS) is 28.4. The van der Waals surface area contributed by atoms with Gasteiger partial charge < -0.3 is 35.1 Å². The van der Waals surface area contributed by atoms with Gasteiger partial charge in [-0.1, -0.05) is 19.1 Å². The molecule has 2 fully saturated rings. The van der Waals surface area contributed by atoms with E-state index in [1.165, 1.54) is 31.2 Å². The van der Waals surface area contributed by atoms with Crippen molar-refractivity contribution in [3.05, 3.63) is 45.3 Å². The lowest BCUT2D eigenvalue weighted by atomic mass is 9.79. The molecule has 0 bridgehead atoms. The Hall–Kier alpha value is -3.45. The molecule has 186 valence electrons. The summed E-state index contributed by atoms with van der Waals surface area (Å²) in [6.45, 7) is 3.30. The zero-order valence-electron chi connectivity index (χ0n) is 18.7. The third-order valence-corrected chi connectivity index (χ3v) is 8.10. The molecule has 0 aliphatic carbocycles.